The first kappa shape index (κ1) is 16.3. The van der Waals surface area contributed by atoms with Gasteiger partial charge >= 0.3 is 5.69 Å². The van der Waals surface area contributed by atoms with Gasteiger partial charge < -0.3 is 10.5 Å². The second-order valence-electron chi connectivity index (χ2n) is 3.98. The van der Waals surface area contributed by atoms with Crippen molar-refractivity contribution in [1.82, 2.24) is 4.72 Å². The Balaban J connectivity index is 2.95. The first-order chi connectivity index (χ1) is 9.42. The van der Waals surface area contributed by atoms with Gasteiger partial charge in [0.15, 0.2) is 5.75 Å². The molecule has 0 atom stereocenters. The van der Waals surface area contributed by atoms with Gasteiger partial charge in [-0.15, -0.1) is 0 Å². The van der Waals surface area contributed by atoms with Crippen LogP contribution < -0.4 is 15.2 Å². The number of unbranched alkanes of at least 4 members (excludes halogenated alkanes) is 1. The second-order valence-corrected chi connectivity index (χ2v) is 5.75. The van der Waals surface area contributed by atoms with E-state index in [0.29, 0.717) is 19.4 Å². The average Bonchev–Trinajstić information content (AvgIpc) is 2.42. The predicted molar refractivity (Wildman–Crippen MR) is 73.1 cm³/mol. The van der Waals surface area contributed by atoms with Gasteiger partial charge in [-0.3, -0.25) is 10.1 Å². The van der Waals surface area contributed by atoms with Gasteiger partial charge in [0.25, 0.3) is 0 Å². The summed E-state index contributed by atoms with van der Waals surface area (Å²) in [4.78, 5) is 10.00. The Morgan fingerprint density at radius 2 is 2.10 bits per heavy atom. The summed E-state index contributed by atoms with van der Waals surface area (Å²) in [5, 5.41) is 10.9. The Morgan fingerprint density at radius 1 is 1.40 bits per heavy atom. The summed E-state index contributed by atoms with van der Waals surface area (Å²) in [5.74, 6) is 0.0112. The van der Waals surface area contributed by atoms with E-state index < -0.39 is 20.6 Å². The van der Waals surface area contributed by atoms with Crippen molar-refractivity contribution in [3.8, 4) is 5.75 Å². The lowest BCUT2D eigenvalue weighted by molar-refractivity contribution is -0.386. The van der Waals surface area contributed by atoms with Gasteiger partial charge in [-0.05, 0) is 31.5 Å². The molecule has 0 aromatic heterocycles. The van der Waals surface area contributed by atoms with Crippen molar-refractivity contribution in [3.05, 3.63) is 28.3 Å². The molecule has 9 heteroatoms. The van der Waals surface area contributed by atoms with Gasteiger partial charge in [0.2, 0.25) is 10.0 Å². The molecule has 0 radical (unpaired) electrons. The van der Waals surface area contributed by atoms with Crippen molar-refractivity contribution in [1.29, 1.82) is 0 Å². The van der Waals surface area contributed by atoms with Crippen LogP contribution in [0.15, 0.2) is 23.1 Å². The third kappa shape index (κ3) is 4.15. The zero-order chi connectivity index (χ0) is 15.2. The van der Waals surface area contributed by atoms with Gasteiger partial charge in [-0.2, -0.15) is 0 Å². The highest BCUT2D eigenvalue weighted by atomic mass is 32.2. The lowest BCUT2D eigenvalue weighted by Crippen LogP contribution is -2.25. The third-order valence-corrected chi connectivity index (χ3v) is 4.04. The minimum Gasteiger partial charge on any atom is -0.490 e. The SMILES string of the molecule is COc1ccc(S(=O)(=O)NCCCCN)cc1[N+](=O)[O-]. The van der Waals surface area contributed by atoms with Crippen molar-refractivity contribution in [2.75, 3.05) is 20.2 Å². The molecule has 0 aliphatic rings. The quantitative estimate of drug-likeness (QED) is 0.412. The van der Waals surface area contributed by atoms with Crippen LogP contribution in [0, 0.1) is 10.1 Å². The molecule has 0 bridgehead atoms. The van der Waals surface area contributed by atoms with E-state index in [1.165, 1.54) is 19.2 Å². The van der Waals surface area contributed by atoms with Crippen LogP contribution in [-0.4, -0.2) is 33.5 Å². The number of nitro benzene ring substituents is 1. The van der Waals surface area contributed by atoms with E-state index in [4.69, 9.17) is 10.5 Å². The number of benzene rings is 1. The number of ether oxygens (including phenoxy) is 1. The highest BCUT2D eigenvalue weighted by Gasteiger charge is 2.21. The first-order valence-electron chi connectivity index (χ1n) is 5.94. The number of hydrogen-bond acceptors (Lipinski definition) is 6. The van der Waals surface area contributed by atoms with E-state index in [-0.39, 0.29) is 17.2 Å². The highest BCUT2D eigenvalue weighted by Crippen LogP contribution is 2.29. The van der Waals surface area contributed by atoms with E-state index in [1.54, 1.807) is 0 Å². The molecular formula is C11H17N3O5S. The first-order valence-corrected chi connectivity index (χ1v) is 7.43. The van der Waals surface area contributed by atoms with Crippen LogP contribution >= 0.6 is 0 Å². The molecule has 1 aromatic carbocycles. The topological polar surface area (TPSA) is 125 Å². The normalized spacial score (nSPS) is 11.3. The fourth-order valence-electron chi connectivity index (χ4n) is 1.54. The van der Waals surface area contributed by atoms with Crippen LogP contribution in [0.5, 0.6) is 5.75 Å². The predicted octanol–water partition coefficient (Wildman–Crippen LogP) is 0.621. The third-order valence-electron chi connectivity index (χ3n) is 2.58. The number of nitrogens with zero attached hydrogens (tertiary/aromatic N) is 1. The van der Waals surface area contributed by atoms with Crippen molar-refractivity contribution in [2.24, 2.45) is 5.73 Å². The Morgan fingerprint density at radius 3 is 2.65 bits per heavy atom. The molecule has 8 nitrogen and oxygen atoms in total. The summed E-state index contributed by atoms with van der Waals surface area (Å²) in [5.41, 5.74) is 4.92. The van der Waals surface area contributed by atoms with Crippen molar-refractivity contribution in [3.63, 3.8) is 0 Å². The monoisotopic (exact) mass is 303 g/mol. The Bertz CT molecular complexity index is 573. The summed E-state index contributed by atoms with van der Waals surface area (Å²) < 4.78 is 31.1. The zero-order valence-corrected chi connectivity index (χ0v) is 11.9. The second kappa shape index (κ2) is 7.17. The van der Waals surface area contributed by atoms with Crippen LogP contribution in [0.4, 0.5) is 5.69 Å². The molecule has 3 N–H and O–H groups in total. The number of sulfonamides is 1. The molecule has 0 spiro atoms. The Labute approximate surface area is 117 Å². The van der Waals surface area contributed by atoms with E-state index in [0.717, 1.165) is 6.07 Å². The summed E-state index contributed by atoms with van der Waals surface area (Å²) in [6.45, 7) is 0.717. The van der Waals surface area contributed by atoms with Crippen LogP contribution in [0.3, 0.4) is 0 Å². The molecule has 1 aromatic rings. The van der Waals surface area contributed by atoms with Crippen LogP contribution in [0.25, 0.3) is 0 Å². The minimum absolute atomic E-state index is 0.0112. The Hall–Kier alpha value is -1.71. The molecule has 0 aliphatic heterocycles. The van der Waals surface area contributed by atoms with E-state index in [2.05, 4.69) is 4.72 Å². The number of hydrogen-bond donors (Lipinski definition) is 2. The van der Waals surface area contributed by atoms with Crippen molar-refractivity contribution < 1.29 is 18.1 Å². The fraction of sp³-hybridized carbons (Fsp3) is 0.455. The maximum Gasteiger partial charge on any atom is 0.312 e. The van der Waals surface area contributed by atoms with Gasteiger partial charge in [-0.1, -0.05) is 0 Å². The lowest BCUT2D eigenvalue weighted by atomic mass is 10.3. The number of nitrogens with one attached hydrogen (secondary N) is 1. The zero-order valence-electron chi connectivity index (χ0n) is 11.0. The highest BCUT2D eigenvalue weighted by molar-refractivity contribution is 7.89. The molecule has 0 aliphatic carbocycles. The molecule has 0 amide bonds. The molecule has 0 fully saturated rings. The summed E-state index contributed by atoms with van der Waals surface area (Å²) in [6, 6.07) is 3.49. The van der Waals surface area contributed by atoms with Gasteiger partial charge in [0.05, 0.1) is 16.9 Å². The van der Waals surface area contributed by atoms with E-state index in [1.807, 2.05) is 0 Å². The number of nitro groups is 1. The molecular weight excluding hydrogens is 286 g/mol. The molecule has 0 saturated carbocycles. The molecule has 0 saturated heterocycles. The van der Waals surface area contributed by atoms with Gasteiger partial charge in [-0.25, -0.2) is 13.1 Å². The average molecular weight is 303 g/mol. The number of nitrogens with two attached hydrogens (primary N) is 1. The maximum atomic E-state index is 12.0. The molecule has 1 rings (SSSR count). The van der Waals surface area contributed by atoms with Crippen molar-refractivity contribution >= 4 is 15.7 Å². The lowest BCUT2D eigenvalue weighted by Gasteiger charge is -2.07. The minimum atomic E-state index is -3.77. The largest absolute Gasteiger partial charge is 0.490 e. The van der Waals surface area contributed by atoms with Crippen molar-refractivity contribution in [2.45, 2.75) is 17.7 Å². The van der Waals surface area contributed by atoms with Crippen LogP contribution in [-0.2, 0) is 10.0 Å². The van der Waals surface area contributed by atoms with E-state index in [9.17, 15) is 18.5 Å². The van der Waals surface area contributed by atoms with E-state index >= 15 is 0 Å². The smallest absolute Gasteiger partial charge is 0.312 e. The number of methoxy groups -OCH3 is 1. The summed E-state index contributed by atoms with van der Waals surface area (Å²) >= 11 is 0. The maximum absolute atomic E-state index is 12.0. The van der Waals surface area contributed by atoms with Crippen LogP contribution in [0.2, 0.25) is 0 Å². The number of rotatable bonds is 8. The Kier molecular flexibility index (Phi) is 5.86. The molecule has 112 valence electrons. The fourth-order valence-corrected chi connectivity index (χ4v) is 2.63. The standard InChI is InChI=1S/C11H17N3O5S/c1-19-11-5-4-9(8-10(11)14(15)16)20(17,18)13-7-3-2-6-12/h4-5,8,13H,2-3,6-7,12H2,1H3. The summed E-state index contributed by atoms with van der Waals surface area (Å²) in [7, 11) is -2.49. The van der Waals surface area contributed by atoms with Gasteiger partial charge in [0.1, 0.15) is 0 Å². The van der Waals surface area contributed by atoms with Crippen LogP contribution in [0.1, 0.15) is 12.8 Å². The molecule has 0 unspecified atom stereocenters. The molecule has 0 heterocycles. The molecule has 20 heavy (non-hydrogen) atoms. The summed E-state index contributed by atoms with van der Waals surface area (Å²) in [6.07, 6.45) is 1.30. The van der Waals surface area contributed by atoms with Gasteiger partial charge in [0, 0.05) is 12.6 Å².